The summed E-state index contributed by atoms with van der Waals surface area (Å²) in [4.78, 5) is 0. The molecular formula is C9H11N5O2S. The smallest absolute Gasteiger partial charge is 0.209 e. The monoisotopic (exact) mass is 253 g/mol. The maximum atomic E-state index is 11.0. The van der Waals surface area contributed by atoms with Crippen molar-refractivity contribution in [1.82, 2.24) is 24.9 Å². The molecule has 8 heteroatoms. The number of tetrazole rings is 1. The molecule has 0 aliphatic rings. The summed E-state index contributed by atoms with van der Waals surface area (Å²) in [7, 11) is -3.26. The van der Waals surface area contributed by atoms with Gasteiger partial charge in [0, 0.05) is 0 Å². The Kier molecular flexibility index (Phi) is 3.16. The number of sulfonamides is 1. The van der Waals surface area contributed by atoms with E-state index in [0.29, 0.717) is 5.82 Å². The molecule has 0 radical (unpaired) electrons. The van der Waals surface area contributed by atoms with E-state index in [1.807, 2.05) is 30.3 Å². The van der Waals surface area contributed by atoms with Crippen LogP contribution >= 0.6 is 0 Å². The first-order valence-corrected chi connectivity index (χ1v) is 6.73. The molecule has 0 unspecified atom stereocenters. The molecule has 7 nitrogen and oxygen atoms in total. The topological polar surface area (TPSA) is 89.8 Å². The van der Waals surface area contributed by atoms with E-state index in [2.05, 4.69) is 20.2 Å². The zero-order valence-electron chi connectivity index (χ0n) is 9.11. The van der Waals surface area contributed by atoms with E-state index >= 15 is 0 Å². The van der Waals surface area contributed by atoms with Crippen LogP contribution in [0.4, 0.5) is 0 Å². The van der Waals surface area contributed by atoms with Gasteiger partial charge in [-0.2, -0.15) is 4.68 Å². The first-order valence-electron chi connectivity index (χ1n) is 4.83. The van der Waals surface area contributed by atoms with Crippen LogP contribution in [0, 0.1) is 0 Å². The largest absolute Gasteiger partial charge is 0.213 e. The van der Waals surface area contributed by atoms with E-state index in [1.165, 1.54) is 4.68 Å². The number of benzene rings is 1. The van der Waals surface area contributed by atoms with Gasteiger partial charge in [0.15, 0.2) is 5.82 Å². The van der Waals surface area contributed by atoms with E-state index in [-0.39, 0.29) is 6.54 Å². The lowest BCUT2D eigenvalue weighted by molar-refractivity contribution is 0.584. The highest BCUT2D eigenvalue weighted by atomic mass is 32.2. The molecule has 90 valence electrons. The van der Waals surface area contributed by atoms with Crippen LogP contribution in [0.1, 0.15) is 5.82 Å². The van der Waals surface area contributed by atoms with Crippen LogP contribution in [0.3, 0.4) is 0 Å². The van der Waals surface area contributed by atoms with Crippen LogP contribution in [0.5, 0.6) is 0 Å². The predicted octanol–water partition coefficient (Wildman–Crippen LogP) is -0.288. The molecule has 17 heavy (non-hydrogen) atoms. The second kappa shape index (κ2) is 4.60. The van der Waals surface area contributed by atoms with Gasteiger partial charge < -0.3 is 0 Å². The lowest BCUT2D eigenvalue weighted by Gasteiger charge is -2.04. The summed E-state index contributed by atoms with van der Waals surface area (Å²) in [6.07, 6.45) is 1.09. The number of rotatable bonds is 4. The summed E-state index contributed by atoms with van der Waals surface area (Å²) in [5, 5.41) is 11.1. The van der Waals surface area contributed by atoms with Crippen LogP contribution in [0.15, 0.2) is 30.3 Å². The van der Waals surface area contributed by atoms with Gasteiger partial charge in [-0.25, -0.2) is 13.1 Å². The number of aromatic nitrogens is 4. The van der Waals surface area contributed by atoms with Gasteiger partial charge in [0.05, 0.1) is 18.5 Å². The Labute approximate surface area is 98.5 Å². The molecule has 0 saturated heterocycles. The Morgan fingerprint density at radius 3 is 2.65 bits per heavy atom. The third-order valence-corrected chi connectivity index (χ3v) is 2.70. The molecule has 0 bridgehead atoms. The maximum absolute atomic E-state index is 11.0. The van der Waals surface area contributed by atoms with Crippen molar-refractivity contribution in [2.75, 3.05) is 6.26 Å². The molecule has 0 fully saturated rings. The summed E-state index contributed by atoms with van der Waals surface area (Å²) in [6, 6.07) is 9.25. The van der Waals surface area contributed by atoms with Crippen molar-refractivity contribution in [2.24, 2.45) is 0 Å². The number of para-hydroxylation sites is 1. The molecule has 1 heterocycles. The first-order chi connectivity index (χ1) is 8.06. The first kappa shape index (κ1) is 11.7. The molecule has 1 aromatic heterocycles. The fraction of sp³-hybridized carbons (Fsp3) is 0.222. The second-order valence-corrected chi connectivity index (χ2v) is 5.27. The lowest BCUT2D eigenvalue weighted by atomic mass is 10.3. The van der Waals surface area contributed by atoms with Crippen molar-refractivity contribution < 1.29 is 8.42 Å². The molecular weight excluding hydrogens is 242 g/mol. The minimum atomic E-state index is -3.26. The van der Waals surface area contributed by atoms with Crippen molar-refractivity contribution in [1.29, 1.82) is 0 Å². The third-order valence-electron chi connectivity index (χ3n) is 2.03. The molecule has 0 atom stereocenters. The average Bonchev–Trinajstić information content (AvgIpc) is 2.75. The van der Waals surface area contributed by atoms with Crippen molar-refractivity contribution in [3.05, 3.63) is 36.2 Å². The van der Waals surface area contributed by atoms with E-state index in [9.17, 15) is 8.42 Å². The Balaban J connectivity index is 2.24. The molecule has 1 aromatic carbocycles. The quantitative estimate of drug-likeness (QED) is 0.808. The fourth-order valence-corrected chi connectivity index (χ4v) is 1.67. The van der Waals surface area contributed by atoms with Gasteiger partial charge >= 0.3 is 0 Å². The van der Waals surface area contributed by atoms with Crippen LogP contribution in [0.25, 0.3) is 5.69 Å². The minimum absolute atomic E-state index is 0.0563. The van der Waals surface area contributed by atoms with Crippen LogP contribution in [-0.2, 0) is 16.6 Å². The maximum Gasteiger partial charge on any atom is 0.209 e. The van der Waals surface area contributed by atoms with Gasteiger partial charge in [-0.05, 0) is 22.6 Å². The highest BCUT2D eigenvalue weighted by Gasteiger charge is 2.09. The van der Waals surface area contributed by atoms with Crippen molar-refractivity contribution in [3.63, 3.8) is 0 Å². The molecule has 2 aromatic rings. The molecule has 2 rings (SSSR count). The predicted molar refractivity (Wildman–Crippen MR) is 60.8 cm³/mol. The Morgan fingerprint density at radius 1 is 1.29 bits per heavy atom. The molecule has 0 aliphatic carbocycles. The Bertz CT molecular complexity index is 593. The lowest BCUT2D eigenvalue weighted by Crippen LogP contribution is -2.23. The molecule has 0 saturated carbocycles. The Morgan fingerprint density at radius 2 is 2.00 bits per heavy atom. The zero-order chi connectivity index (χ0) is 12.3. The van der Waals surface area contributed by atoms with Gasteiger partial charge in [0.2, 0.25) is 10.0 Å². The number of nitrogens with one attached hydrogen (secondary N) is 1. The highest BCUT2D eigenvalue weighted by molar-refractivity contribution is 7.88. The van der Waals surface area contributed by atoms with Gasteiger partial charge in [-0.15, -0.1) is 5.10 Å². The molecule has 0 aliphatic heterocycles. The minimum Gasteiger partial charge on any atom is -0.213 e. The van der Waals surface area contributed by atoms with Crippen molar-refractivity contribution >= 4 is 10.0 Å². The summed E-state index contributed by atoms with van der Waals surface area (Å²) in [5.41, 5.74) is 0.780. The number of nitrogens with zero attached hydrogens (tertiary/aromatic N) is 4. The van der Waals surface area contributed by atoms with Gasteiger partial charge in [-0.1, -0.05) is 18.2 Å². The highest BCUT2D eigenvalue weighted by Crippen LogP contribution is 2.06. The SMILES string of the molecule is CS(=O)(=O)NCc1nnnn1-c1ccccc1. The van der Waals surface area contributed by atoms with E-state index < -0.39 is 10.0 Å². The van der Waals surface area contributed by atoms with Gasteiger partial charge in [-0.3, -0.25) is 0 Å². The average molecular weight is 253 g/mol. The number of hydrogen-bond acceptors (Lipinski definition) is 5. The normalized spacial score (nSPS) is 11.6. The molecule has 1 N–H and O–H groups in total. The summed E-state index contributed by atoms with van der Waals surface area (Å²) in [5.74, 6) is 0.432. The Hall–Kier alpha value is -1.80. The van der Waals surface area contributed by atoms with Crippen molar-refractivity contribution in [2.45, 2.75) is 6.54 Å². The fourth-order valence-electron chi connectivity index (χ4n) is 1.28. The van der Waals surface area contributed by atoms with Crippen molar-refractivity contribution in [3.8, 4) is 5.69 Å². The summed E-state index contributed by atoms with van der Waals surface area (Å²) in [6.45, 7) is 0.0563. The standard InChI is InChI=1S/C9H11N5O2S/c1-17(15,16)10-7-9-11-12-13-14(9)8-5-3-2-4-6-8/h2-6,10H,7H2,1H3. The van der Waals surface area contributed by atoms with Crippen LogP contribution in [-0.4, -0.2) is 34.9 Å². The van der Waals surface area contributed by atoms with Crippen LogP contribution < -0.4 is 4.72 Å². The zero-order valence-corrected chi connectivity index (χ0v) is 9.92. The van der Waals surface area contributed by atoms with Crippen LogP contribution in [0.2, 0.25) is 0 Å². The molecule has 0 spiro atoms. The second-order valence-electron chi connectivity index (χ2n) is 3.44. The van der Waals surface area contributed by atoms with Gasteiger partial charge in [0.1, 0.15) is 0 Å². The summed E-state index contributed by atoms with van der Waals surface area (Å²) < 4.78 is 25.8. The summed E-state index contributed by atoms with van der Waals surface area (Å²) >= 11 is 0. The van der Waals surface area contributed by atoms with Gasteiger partial charge in [0.25, 0.3) is 0 Å². The van der Waals surface area contributed by atoms with E-state index in [0.717, 1.165) is 11.9 Å². The molecule has 0 amide bonds. The van der Waals surface area contributed by atoms with E-state index in [4.69, 9.17) is 0 Å². The number of hydrogen-bond donors (Lipinski definition) is 1. The van der Waals surface area contributed by atoms with E-state index in [1.54, 1.807) is 0 Å². The third kappa shape index (κ3) is 3.08.